The standard InChI is InChI=1S/C19H24FN3O4/c1-11(24)22-16(10-12-5-2-3-8-15(12)20)19(27)23-17(18(21)26)13-6-4-7-14(25)9-13/h2-3,5,8,13,16-17H,4,6-7,9-10H2,1H3,(H2,21,26)(H,22,24)(H,23,27)/t13-,16-,17-/m1/s1. The molecule has 0 aliphatic heterocycles. The number of carbonyl (C=O) groups is 4. The van der Waals surface area contributed by atoms with E-state index >= 15 is 0 Å². The van der Waals surface area contributed by atoms with Crippen molar-refractivity contribution in [3.8, 4) is 0 Å². The fourth-order valence-electron chi connectivity index (χ4n) is 3.36. The summed E-state index contributed by atoms with van der Waals surface area (Å²) < 4.78 is 13.9. The van der Waals surface area contributed by atoms with Gasteiger partial charge >= 0.3 is 0 Å². The average Bonchev–Trinajstić information content (AvgIpc) is 2.60. The molecule has 1 aromatic rings. The summed E-state index contributed by atoms with van der Waals surface area (Å²) in [5.41, 5.74) is 5.69. The Morgan fingerprint density at radius 3 is 2.56 bits per heavy atom. The summed E-state index contributed by atoms with van der Waals surface area (Å²) in [4.78, 5) is 47.7. The average molecular weight is 377 g/mol. The van der Waals surface area contributed by atoms with Gasteiger partial charge in [0.15, 0.2) is 0 Å². The third-order valence-electron chi connectivity index (χ3n) is 4.67. The smallest absolute Gasteiger partial charge is 0.243 e. The number of nitrogens with two attached hydrogens (primary N) is 1. The van der Waals surface area contributed by atoms with Gasteiger partial charge in [-0.25, -0.2) is 4.39 Å². The lowest BCUT2D eigenvalue weighted by atomic mass is 9.82. The van der Waals surface area contributed by atoms with Crippen LogP contribution in [0.2, 0.25) is 0 Å². The summed E-state index contributed by atoms with van der Waals surface area (Å²) in [5.74, 6) is -2.69. The first-order valence-corrected chi connectivity index (χ1v) is 8.89. The Morgan fingerprint density at radius 1 is 1.26 bits per heavy atom. The zero-order valence-corrected chi connectivity index (χ0v) is 15.2. The number of benzene rings is 1. The first-order valence-electron chi connectivity index (χ1n) is 8.89. The zero-order valence-electron chi connectivity index (χ0n) is 15.2. The number of hydrogen-bond acceptors (Lipinski definition) is 4. The number of nitrogens with one attached hydrogen (secondary N) is 2. The summed E-state index contributed by atoms with van der Waals surface area (Å²) in [6, 6.07) is 3.84. The molecule has 1 aromatic carbocycles. The molecule has 2 rings (SSSR count). The van der Waals surface area contributed by atoms with Gasteiger partial charge in [-0.3, -0.25) is 19.2 Å². The van der Waals surface area contributed by atoms with E-state index in [1.165, 1.54) is 25.1 Å². The minimum Gasteiger partial charge on any atom is -0.368 e. The van der Waals surface area contributed by atoms with Crippen molar-refractivity contribution in [2.45, 2.75) is 51.1 Å². The Bertz CT molecular complexity index is 737. The van der Waals surface area contributed by atoms with Gasteiger partial charge in [-0.1, -0.05) is 18.2 Å². The highest BCUT2D eigenvalue weighted by molar-refractivity contribution is 5.92. The van der Waals surface area contributed by atoms with Gasteiger partial charge in [-0.2, -0.15) is 0 Å². The molecule has 7 nitrogen and oxygen atoms in total. The van der Waals surface area contributed by atoms with E-state index in [-0.39, 0.29) is 30.1 Å². The van der Waals surface area contributed by atoms with Crippen LogP contribution >= 0.6 is 0 Å². The number of ketones is 1. The Hall–Kier alpha value is -2.77. The van der Waals surface area contributed by atoms with E-state index < -0.39 is 35.6 Å². The molecule has 0 aromatic heterocycles. The minimum atomic E-state index is -1.07. The van der Waals surface area contributed by atoms with Crippen LogP contribution in [0.1, 0.15) is 38.2 Å². The van der Waals surface area contributed by atoms with E-state index in [1.807, 2.05) is 0 Å². The summed E-state index contributed by atoms with van der Waals surface area (Å²) >= 11 is 0. The molecule has 146 valence electrons. The Balaban J connectivity index is 2.15. The van der Waals surface area contributed by atoms with Crippen molar-refractivity contribution in [3.63, 3.8) is 0 Å². The van der Waals surface area contributed by atoms with Crippen LogP contribution in [0.5, 0.6) is 0 Å². The molecule has 0 bridgehead atoms. The molecule has 1 aliphatic rings. The SMILES string of the molecule is CC(=O)N[C@H](Cc1ccccc1F)C(=O)N[C@@H](C(N)=O)[C@@H]1CCCC(=O)C1. The second-order valence-corrected chi connectivity index (χ2v) is 6.83. The van der Waals surface area contributed by atoms with Crippen LogP contribution in [-0.2, 0) is 25.6 Å². The van der Waals surface area contributed by atoms with Crippen molar-refractivity contribution in [1.82, 2.24) is 10.6 Å². The predicted molar refractivity (Wildman–Crippen MR) is 95.8 cm³/mol. The van der Waals surface area contributed by atoms with Gasteiger partial charge in [0.25, 0.3) is 0 Å². The molecule has 0 radical (unpaired) electrons. The highest BCUT2D eigenvalue weighted by Gasteiger charge is 2.34. The number of Topliss-reactive ketones (excluding diaryl/α,β-unsaturated/α-hetero) is 1. The molecular formula is C19H24FN3O4. The Kier molecular flexibility index (Phi) is 7.04. The summed E-state index contributed by atoms with van der Waals surface area (Å²) in [7, 11) is 0. The van der Waals surface area contributed by atoms with E-state index in [4.69, 9.17) is 5.73 Å². The lowest BCUT2D eigenvalue weighted by molar-refractivity contribution is -0.132. The number of primary amides is 1. The third-order valence-corrected chi connectivity index (χ3v) is 4.67. The fraction of sp³-hybridized carbons (Fsp3) is 0.474. The van der Waals surface area contributed by atoms with Gasteiger partial charge in [-0.15, -0.1) is 0 Å². The second kappa shape index (κ2) is 9.25. The van der Waals surface area contributed by atoms with Crippen LogP contribution in [-0.4, -0.2) is 35.6 Å². The quantitative estimate of drug-likeness (QED) is 0.645. The normalized spacial score (nSPS) is 19.0. The van der Waals surface area contributed by atoms with Gasteiger partial charge in [0.2, 0.25) is 17.7 Å². The first kappa shape index (κ1) is 20.5. The molecule has 1 fully saturated rings. The lowest BCUT2D eigenvalue weighted by Gasteiger charge is -2.29. The highest BCUT2D eigenvalue weighted by atomic mass is 19.1. The molecule has 8 heteroatoms. The van der Waals surface area contributed by atoms with E-state index in [0.29, 0.717) is 19.3 Å². The van der Waals surface area contributed by atoms with Crippen molar-refractivity contribution < 1.29 is 23.6 Å². The van der Waals surface area contributed by atoms with Crippen molar-refractivity contribution in [2.75, 3.05) is 0 Å². The number of hydrogen-bond donors (Lipinski definition) is 3. The van der Waals surface area contributed by atoms with Gasteiger partial charge in [-0.05, 0) is 30.4 Å². The summed E-state index contributed by atoms with van der Waals surface area (Å²) in [6.07, 6.45) is 1.78. The molecule has 27 heavy (non-hydrogen) atoms. The van der Waals surface area contributed by atoms with Gasteiger partial charge in [0, 0.05) is 26.2 Å². The highest BCUT2D eigenvalue weighted by Crippen LogP contribution is 2.24. The van der Waals surface area contributed by atoms with Crippen molar-refractivity contribution in [2.24, 2.45) is 11.7 Å². The molecule has 0 heterocycles. The third kappa shape index (κ3) is 5.87. The van der Waals surface area contributed by atoms with Gasteiger partial charge in [0.1, 0.15) is 23.7 Å². The monoisotopic (exact) mass is 377 g/mol. The van der Waals surface area contributed by atoms with Crippen LogP contribution in [0.4, 0.5) is 4.39 Å². The molecule has 0 spiro atoms. The van der Waals surface area contributed by atoms with Crippen molar-refractivity contribution in [3.05, 3.63) is 35.6 Å². The second-order valence-electron chi connectivity index (χ2n) is 6.83. The maximum atomic E-state index is 13.9. The molecule has 0 saturated heterocycles. The fourth-order valence-corrected chi connectivity index (χ4v) is 3.36. The number of rotatable bonds is 7. The first-order chi connectivity index (χ1) is 12.8. The van der Waals surface area contributed by atoms with Crippen LogP contribution in [0.15, 0.2) is 24.3 Å². The van der Waals surface area contributed by atoms with E-state index in [2.05, 4.69) is 10.6 Å². The zero-order chi connectivity index (χ0) is 20.0. The molecule has 3 atom stereocenters. The Morgan fingerprint density at radius 2 is 1.96 bits per heavy atom. The van der Waals surface area contributed by atoms with Crippen LogP contribution in [0, 0.1) is 11.7 Å². The van der Waals surface area contributed by atoms with E-state index in [1.54, 1.807) is 6.07 Å². The number of amides is 3. The van der Waals surface area contributed by atoms with Crippen LogP contribution in [0.3, 0.4) is 0 Å². The van der Waals surface area contributed by atoms with Crippen molar-refractivity contribution in [1.29, 1.82) is 0 Å². The lowest BCUT2D eigenvalue weighted by Crippen LogP contribution is -2.56. The number of carbonyl (C=O) groups excluding carboxylic acids is 4. The maximum absolute atomic E-state index is 13.9. The summed E-state index contributed by atoms with van der Waals surface area (Å²) in [6.45, 7) is 1.24. The maximum Gasteiger partial charge on any atom is 0.243 e. The van der Waals surface area contributed by atoms with Gasteiger partial charge < -0.3 is 16.4 Å². The molecule has 4 N–H and O–H groups in total. The van der Waals surface area contributed by atoms with Gasteiger partial charge in [0.05, 0.1) is 0 Å². The topological polar surface area (TPSA) is 118 Å². The molecule has 1 aliphatic carbocycles. The largest absolute Gasteiger partial charge is 0.368 e. The number of halogens is 1. The molecule has 1 saturated carbocycles. The minimum absolute atomic E-state index is 0.0246. The van der Waals surface area contributed by atoms with E-state index in [0.717, 1.165) is 0 Å². The van der Waals surface area contributed by atoms with Crippen LogP contribution < -0.4 is 16.4 Å². The van der Waals surface area contributed by atoms with Crippen LogP contribution in [0.25, 0.3) is 0 Å². The predicted octanol–water partition coefficient (Wildman–Crippen LogP) is 0.602. The summed E-state index contributed by atoms with van der Waals surface area (Å²) in [5, 5.41) is 5.02. The molecule has 0 unspecified atom stereocenters. The Labute approximate surface area is 156 Å². The van der Waals surface area contributed by atoms with Crippen molar-refractivity contribution >= 4 is 23.5 Å². The molecular weight excluding hydrogens is 353 g/mol. The van der Waals surface area contributed by atoms with E-state index in [9.17, 15) is 23.6 Å². The molecule has 3 amide bonds.